The Morgan fingerprint density at radius 3 is 2.29 bits per heavy atom. The van der Waals surface area contributed by atoms with E-state index in [1.165, 1.54) is 0 Å². The molecule has 0 aromatic heterocycles. The molecular weight excluding hydrogens is 268 g/mol. The molecule has 1 unspecified atom stereocenters. The minimum atomic E-state index is -0.516. The number of hydrogen-bond donors (Lipinski definition) is 1. The molecule has 2 aromatic carbocycles. The van der Waals surface area contributed by atoms with Crippen molar-refractivity contribution in [2.75, 3.05) is 0 Å². The minimum absolute atomic E-state index is 0.181. The number of halogens is 2. The number of nitrogens with one attached hydrogen (secondary N) is 1. The van der Waals surface area contributed by atoms with Gasteiger partial charge in [-0.3, -0.25) is 0 Å². The molecule has 0 aliphatic heterocycles. The molecule has 0 fully saturated rings. The molecule has 0 spiro atoms. The topological polar surface area (TPSA) is 12.0 Å². The maximum Gasteiger partial charge on any atom is 0.131 e. The molecule has 0 radical (unpaired) electrons. The Labute approximate surface area is 125 Å². The van der Waals surface area contributed by atoms with Crippen molar-refractivity contribution in [1.29, 1.82) is 0 Å². The van der Waals surface area contributed by atoms with Crippen LogP contribution in [0, 0.1) is 25.5 Å². The van der Waals surface area contributed by atoms with E-state index < -0.39 is 11.6 Å². The zero-order chi connectivity index (χ0) is 15.6. The van der Waals surface area contributed by atoms with Crippen LogP contribution >= 0.6 is 0 Å². The van der Waals surface area contributed by atoms with E-state index in [2.05, 4.69) is 5.32 Å². The first-order valence-corrected chi connectivity index (χ1v) is 7.16. The molecule has 0 saturated carbocycles. The third-order valence-electron chi connectivity index (χ3n) is 3.46. The Morgan fingerprint density at radius 2 is 1.67 bits per heavy atom. The normalized spacial score (nSPS) is 12.7. The van der Waals surface area contributed by atoms with E-state index in [9.17, 15) is 8.78 Å². The summed E-state index contributed by atoms with van der Waals surface area (Å²) in [7, 11) is 0. The van der Waals surface area contributed by atoms with Crippen LogP contribution in [0.2, 0.25) is 0 Å². The van der Waals surface area contributed by atoms with E-state index in [1.54, 1.807) is 13.0 Å². The monoisotopic (exact) mass is 289 g/mol. The molecule has 21 heavy (non-hydrogen) atoms. The van der Waals surface area contributed by atoms with Crippen LogP contribution in [-0.2, 0) is 0 Å². The van der Waals surface area contributed by atoms with Gasteiger partial charge in [-0.1, -0.05) is 29.8 Å². The molecule has 1 N–H and O–H groups in total. The molecule has 0 saturated heterocycles. The van der Waals surface area contributed by atoms with Crippen LogP contribution in [0.25, 0.3) is 0 Å². The molecule has 1 atom stereocenters. The van der Waals surface area contributed by atoms with Gasteiger partial charge in [0.15, 0.2) is 0 Å². The lowest BCUT2D eigenvalue weighted by Crippen LogP contribution is -2.29. The number of hydrogen-bond acceptors (Lipinski definition) is 1. The molecule has 2 rings (SSSR count). The van der Waals surface area contributed by atoms with Crippen LogP contribution in [0.3, 0.4) is 0 Å². The molecule has 112 valence electrons. The molecule has 0 aliphatic carbocycles. The lowest BCUT2D eigenvalue weighted by Gasteiger charge is -2.23. The zero-order valence-electron chi connectivity index (χ0n) is 12.9. The van der Waals surface area contributed by atoms with E-state index in [-0.39, 0.29) is 12.1 Å². The van der Waals surface area contributed by atoms with Crippen LogP contribution in [0.4, 0.5) is 8.78 Å². The average Bonchev–Trinajstić information content (AvgIpc) is 2.40. The van der Waals surface area contributed by atoms with Crippen LogP contribution in [0.5, 0.6) is 0 Å². The van der Waals surface area contributed by atoms with Crippen molar-refractivity contribution in [2.45, 2.75) is 39.8 Å². The number of rotatable bonds is 4. The highest BCUT2D eigenvalue weighted by molar-refractivity contribution is 5.37. The summed E-state index contributed by atoms with van der Waals surface area (Å²) < 4.78 is 27.7. The first-order chi connectivity index (χ1) is 9.88. The Hall–Kier alpha value is -1.74. The van der Waals surface area contributed by atoms with Crippen molar-refractivity contribution >= 4 is 0 Å². The highest BCUT2D eigenvalue weighted by Crippen LogP contribution is 2.27. The van der Waals surface area contributed by atoms with Crippen LogP contribution in [0.1, 0.15) is 42.1 Å². The van der Waals surface area contributed by atoms with Gasteiger partial charge in [0.25, 0.3) is 0 Å². The van der Waals surface area contributed by atoms with Crippen LogP contribution in [-0.4, -0.2) is 6.04 Å². The number of benzene rings is 2. The quantitative estimate of drug-likeness (QED) is 0.862. The summed E-state index contributed by atoms with van der Waals surface area (Å²) in [5.41, 5.74) is 3.03. The standard InChI is InChI=1S/C18H21F2N/c1-11(2)21-18(14-7-5-6-12(3)8-14)15-9-13(4)16(19)10-17(15)20/h5-11,18,21H,1-4H3. The molecular formula is C18H21F2N. The summed E-state index contributed by atoms with van der Waals surface area (Å²) in [5.74, 6) is -1.03. The smallest absolute Gasteiger partial charge is 0.131 e. The highest BCUT2D eigenvalue weighted by atomic mass is 19.1. The average molecular weight is 289 g/mol. The van der Waals surface area contributed by atoms with Crippen molar-refractivity contribution in [3.05, 3.63) is 70.3 Å². The molecule has 0 bridgehead atoms. The van der Waals surface area contributed by atoms with Gasteiger partial charge in [0.05, 0.1) is 6.04 Å². The summed E-state index contributed by atoms with van der Waals surface area (Å²) in [6, 6.07) is 10.4. The van der Waals surface area contributed by atoms with Crippen LogP contribution in [0.15, 0.2) is 36.4 Å². The van der Waals surface area contributed by atoms with Crippen LogP contribution < -0.4 is 5.32 Å². The Balaban J connectivity index is 2.53. The maximum absolute atomic E-state index is 14.2. The van der Waals surface area contributed by atoms with Gasteiger partial charge in [0, 0.05) is 17.7 Å². The van der Waals surface area contributed by atoms with Crippen molar-refractivity contribution in [3.63, 3.8) is 0 Å². The van der Waals surface area contributed by atoms with Crippen molar-refractivity contribution in [3.8, 4) is 0 Å². The first kappa shape index (κ1) is 15.6. The first-order valence-electron chi connectivity index (χ1n) is 7.16. The molecule has 2 aromatic rings. The Kier molecular flexibility index (Phi) is 4.73. The van der Waals surface area contributed by atoms with Gasteiger partial charge in [-0.15, -0.1) is 0 Å². The fraction of sp³-hybridized carbons (Fsp3) is 0.333. The summed E-state index contributed by atoms with van der Waals surface area (Å²) >= 11 is 0. The van der Waals surface area contributed by atoms with Gasteiger partial charge >= 0.3 is 0 Å². The SMILES string of the molecule is Cc1cccc(C(NC(C)C)c2cc(C)c(F)cc2F)c1. The van der Waals surface area contributed by atoms with Gasteiger partial charge < -0.3 is 5.32 Å². The highest BCUT2D eigenvalue weighted by Gasteiger charge is 2.20. The van der Waals surface area contributed by atoms with Gasteiger partial charge in [0.1, 0.15) is 11.6 Å². The largest absolute Gasteiger partial charge is 0.304 e. The minimum Gasteiger partial charge on any atom is -0.304 e. The fourth-order valence-corrected chi connectivity index (χ4v) is 2.45. The van der Waals surface area contributed by atoms with Gasteiger partial charge in [-0.05, 0) is 44.9 Å². The molecule has 1 nitrogen and oxygen atoms in total. The molecule has 0 heterocycles. The van der Waals surface area contributed by atoms with Crippen molar-refractivity contribution in [1.82, 2.24) is 5.32 Å². The molecule has 3 heteroatoms. The van der Waals surface area contributed by atoms with Gasteiger partial charge in [0.2, 0.25) is 0 Å². The predicted molar refractivity (Wildman–Crippen MR) is 82.4 cm³/mol. The lowest BCUT2D eigenvalue weighted by atomic mass is 9.95. The van der Waals surface area contributed by atoms with Crippen molar-refractivity contribution in [2.24, 2.45) is 0 Å². The summed E-state index contributed by atoms with van der Waals surface area (Å²) in [5, 5.41) is 3.36. The van der Waals surface area contributed by atoms with Gasteiger partial charge in [-0.25, -0.2) is 8.78 Å². The van der Waals surface area contributed by atoms with Gasteiger partial charge in [-0.2, -0.15) is 0 Å². The van der Waals surface area contributed by atoms with E-state index in [1.807, 2.05) is 45.0 Å². The second kappa shape index (κ2) is 6.35. The second-order valence-corrected chi connectivity index (χ2v) is 5.79. The summed E-state index contributed by atoms with van der Waals surface area (Å²) in [6.45, 7) is 7.68. The lowest BCUT2D eigenvalue weighted by molar-refractivity contribution is 0.496. The fourth-order valence-electron chi connectivity index (χ4n) is 2.45. The van der Waals surface area contributed by atoms with E-state index in [4.69, 9.17) is 0 Å². The third-order valence-corrected chi connectivity index (χ3v) is 3.46. The second-order valence-electron chi connectivity index (χ2n) is 5.79. The van der Waals surface area contributed by atoms with E-state index in [0.29, 0.717) is 11.1 Å². The third kappa shape index (κ3) is 3.67. The molecule has 0 amide bonds. The summed E-state index contributed by atoms with van der Waals surface area (Å²) in [6.07, 6.45) is 0. The van der Waals surface area contributed by atoms with Crippen molar-refractivity contribution < 1.29 is 8.78 Å². The summed E-state index contributed by atoms with van der Waals surface area (Å²) in [4.78, 5) is 0. The Morgan fingerprint density at radius 1 is 0.952 bits per heavy atom. The van der Waals surface area contributed by atoms with E-state index >= 15 is 0 Å². The maximum atomic E-state index is 14.2. The predicted octanol–water partition coefficient (Wildman–Crippen LogP) is 4.67. The van der Waals surface area contributed by atoms with E-state index in [0.717, 1.165) is 17.2 Å². The zero-order valence-corrected chi connectivity index (χ0v) is 12.9. The number of aryl methyl sites for hydroxylation is 2. The Bertz CT molecular complexity index is 635. The molecule has 0 aliphatic rings.